The predicted molar refractivity (Wildman–Crippen MR) is 78.8 cm³/mol. The number of carbonyl (C=O) groups is 1. The molecule has 0 spiro atoms. The lowest BCUT2D eigenvalue weighted by atomic mass is 10.0. The number of amides is 1. The molecule has 1 aromatic heterocycles. The fraction of sp³-hybridized carbons (Fsp3) is 0.667. The molecule has 0 aromatic carbocycles. The average Bonchev–Trinajstić information content (AvgIpc) is 2.36. The lowest BCUT2D eigenvalue weighted by Crippen LogP contribution is -2.56. The topological polar surface area (TPSA) is 58.1 Å². The van der Waals surface area contributed by atoms with Gasteiger partial charge in [0.1, 0.15) is 5.82 Å². The minimum atomic E-state index is 0.0499. The number of hydrogen-bond donors (Lipinski definition) is 1. The summed E-state index contributed by atoms with van der Waals surface area (Å²) >= 11 is 0. The summed E-state index contributed by atoms with van der Waals surface area (Å²) in [5.41, 5.74) is 1.49. The Balaban J connectivity index is 2.29. The van der Waals surface area contributed by atoms with Crippen molar-refractivity contribution in [2.45, 2.75) is 52.6 Å². The summed E-state index contributed by atoms with van der Waals surface area (Å²) in [6.45, 7) is 11.6. The molecule has 0 aliphatic carbocycles. The second-order valence-corrected chi connectivity index (χ2v) is 6.05. The molecule has 1 saturated heterocycles. The average molecular weight is 276 g/mol. The Labute approximate surface area is 120 Å². The van der Waals surface area contributed by atoms with Crippen LogP contribution >= 0.6 is 0 Å². The number of piperazine rings is 1. The molecule has 1 aliphatic rings. The first kappa shape index (κ1) is 14.9. The Morgan fingerprint density at radius 1 is 1.35 bits per heavy atom. The Morgan fingerprint density at radius 3 is 2.50 bits per heavy atom. The van der Waals surface area contributed by atoms with Crippen molar-refractivity contribution in [2.75, 3.05) is 13.1 Å². The van der Waals surface area contributed by atoms with Crippen molar-refractivity contribution in [1.82, 2.24) is 20.2 Å². The van der Waals surface area contributed by atoms with E-state index in [9.17, 15) is 4.79 Å². The van der Waals surface area contributed by atoms with Crippen molar-refractivity contribution in [1.29, 1.82) is 0 Å². The van der Waals surface area contributed by atoms with Crippen LogP contribution in [0.3, 0.4) is 0 Å². The van der Waals surface area contributed by atoms with E-state index < -0.39 is 0 Å². The Morgan fingerprint density at radius 2 is 1.95 bits per heavy atom. The quantitative estimate of drug-likeness (QED) is 0.893. The number of hydrogen-bond acceptors (Lipinski definition) is 4. The standard InChI is InChI=1S/C15H24N4O/c1-9(2)14-13(6-16-12(5)18-14)15(20)19-7-10(3)17-11(4)8-19/h6,9-11,17H,7-8H2,1-5H3/t10-,11-/m1/s1. The third kappa shape index (κ3) is 3.15. The van der Waals surface area contributed by atoms with E-state index in [-0.39, 0.29) is 11.8 Å². The number of nitrogens with one attached hydrogen (secondary N) is 1. The van der Waals surface area contributed by atoms with E-state index in [1.807, 2.05) is 11.8 Å². The van der Waals surface area contributed by atoms with Crippen LogP contribution in [0.5, 0.6) is 0 Å². The third-order valence-electron chi connectivity index (χ3n) is 3.56. The molecule has 5 heteroatoms. The number of aromatic nitrogens is 2. The fourth-order valence-corrected chi connectivity index (χ4v) is 2.76. The van der Waals surface area contributed by atoms with E-state index in [0.29, 0.717) is 23.5 Å². The molecular weight excluding hydrogens is 252 g/mol. The normalized spacial score (nSPS) is 23.2. The molecule has 5 nitrogen and oxygen atoms in total. The molecule has 0 radical (unpaired) electrons. The van der Waals surface area contributed by atoms with Gasteiger partial charge in [0.05, 0.1) is 11.3 Å². The Bertz CT molecular complexity index is 491. The monoisotopic (exact) mass is 276 g/mol. The Kier molecular flexibility index (Phi) is 4.38. The molecular formula is C15H24N4O. The smallest absolute Gasteiger partial charge is 0.257 e. The maximum absolute atomic E-state index is 12.7. The minimum absolute atomic E-state index is 0.0499. The van der Waals surface area contributed by atoms with Crippen molar-refractivity contribution in [3.05, 3.63) is 23.3 Å². The SMILES string of the molecule is Cc1ncc(C(=O)N2C[C@@H](C)N[C@H](C)C2)c(C(C)C)n1. The molecule has 1 aliphatic heterocycles. The van der Waals surface area contributed by atoms with Crippen molar-refractivity contribution in [3.63, 3.8) is 0 Å². The van der Waals surface area contributed by atoms with Crippen LogP contribution in [0.25, 0.3) is 0 Å². The van der Waals surface area contributed by atoms with Gasteiger partial charge in [-0.1, -0.05) is 13.8 Å². The van der Waals surface area contributed by atoms with Crippen molar-refractivity contribution in [2.24, 2.45) is 0 Å². The first-order valence-corrected chi connectivity index (χ1v) is 7.27. The minimum Gasteiger partial charge on any atom is -0.335 e. The van der Waals surface area contributed by atoms with E-state index in [0.717, 1.165) is 18.8 Å². The fourth-order valence-electron chi connectivity index (χ4n) is 2.76. The summed E-state index contributed by atoms with van der Waals surface area (Å²) in [6, 6.07) is 0.633. The molecule has 0 bridgehead atoms. The molecule has 2 atom stereocenters. The van der Waals surface area contributed by atoms with E-state index in [1.165, 1.54) is 0 Å². The molecule has 0 saturated carbocycles. The lowest BCUT2D eigenvalue weighted by Gasteiger charge is -2.36. The molecule has 1 aromatic rings. The van der Waals surface area contributed by atoms with Crippen molar-refractivity contribution < 1.29 is 4.79 Å². The third-order valence-corrected chi connectivity index (χ3v) is 3.56. The summed E-state index contributed by atoms with van der Waals surface area (Å²) in [6.07, 6.45) is 1.68. The van der Waals surface area contributed by atoms with E-state index in [4.69, 9.17) is 0 Å². The van der Waals surface area contributed by atoms with Crippen LogP contribution < -0.4 is 5.32 Å². The number of carbonyl (C=O) groups excluding carboxylic acids is 1. The van der Waals surface area contributed by atoms with Crippen LogP contribution in [0.15, 0.2) is 6.20 Å². The van der Waals surface area contributed by atoms with Gasteiger partial charge in [-0.3, -0.25) is 4.79 Å². The zero-order chi connectivity index (χ0) is 14.9. The van der Waals surface area contributed by atoms with Crippen molar-refractivity contribution >= 4 is 5.91 Å². The second-order valence-electron chi connectivity index (χ2n) is 6.05. The highest BCUT2D eigenvalue weighted by Gasteiger charge is 2.28. The molecule has 2 heterocycles. The van der Waals surface area contributed by atoms with Gasteiger partial charge < -0.3 is 10.2 Å². The zero-order valence-electron chi connectivity index (χ0n) is 13.0. The maximum atomic E-state index is 12.7. The highest BCUT2D eigenvalue weighted by Crippen LogP contribution is 2.19. The van der Waals surface area contributed by atoms with Crippen LogP contribution in [0, 0.1) is 6.92 Å². The maximum Gasteiger partial charge on any atom is 0.257 e. The van der Waals surface area contributed by atoms with Gasteiger partial charge >= 0.3 is 0 Å². The number of nitrogens with zero attached hydrogens (tertiary/aromatic N) is 3. The summed E-state index contributed by atoms with van der Waals surface area (Å²) < 4.78 is 0. The molecule has 110 valence electrons. The number of aryl methyl sites for hydroxylation is 1. The molecule has 2 rings (SSSR count). The second kappa shape index (κ2) is 5.87. The van der Waals surface area contributed by atoms with Gasteiger partial charge in [0.25, 0.3) is 5.91 Å². The summed E-state index contributed by atoms with van der Waals surface area (Å²) in [5, 5.41) is 3.44. The zero-order valence-corrected chi connectivity index (χ0v) is 13.0. The van der Waals surface area contributed by atoms with Gasteiger partial charge in [0.15, 0.2) is 0 Å². The van der Waals surface area contributed by atoms with Crippen LogP contribution in [0.2, 0.25) is 0 Å². The number of rotatable bonds is 2. The van der Waals surface area contributed by atoms with Crippen LogP contribution in [-0.2, 0) is 0 Å². The molecule has 1 fully saturated rings. The van der Waals surface area contributed by atoms with Gasteiger partial charge in [-0.2, -0.15) is 0 Å². The van der Waals surface area contributed by atoms with Gasteiger partial charge in [0.2, 0.25) is 0 Å². The van der Waals surface area contributed by atoms with Gasteiger partial charge in [-0.15, -0.1) is 0 Å². The van der Waals surface area contributed by atoms with Gasteiger partial charge in [0, 0.05) is 31.4 Å². The van der Waals surface area contributed by atoms with Crippen LogP contribution in [-0.4, -0.2) is 45.9 Å². The molecule has 20 heavy (non-hydrogen) atoms. The molecule has 0 unspecified atom stereocenters. The summed E-state index contributed by atoms with van der Waals surface area (Å²) in [5.74, 6) is 0.981. The largest absolute Gasteiger partial charge is 0.335 e. The first-order chi connectivity index (χ1) is 9.38. The van der Waals surface area contributed by atoms with Gasteiger partial charge in [-0.25, -0.2) is 9.97 Å². The van der Waals surface area contributed by atoms with Crippen LogP contribution in [0.4, 0.5) is 0 Å². The summed E-state index contributed by atoms with van der Waals surface area (Å²) in [4.78, 5) is 23.3. The summed E-state index contributed by atoms with van der Waals surface area (Å²) in [7, 11) is 0. The van der Waals surface area contributed by atoms with Gasteiger partial charge in [-0.05, 0) is 26.7 Å². The van der Waals surface area contributed by atoms with Crippen molar-refractivity contribution in [3.8, 4) is 0 Å². The Hall–Kier alpha value is -1.49. The highest BCUT2D eigenvalue weighted by molar-refractivity contribution is 5.95. The van der Waals surface area contributed by atoms with E-state index in [1.54, 1.807) is 6.20 Å². The van der Waals surface area contributed by atoms with Crippen LogP contribution in [0.1, 0.15) is 55.5 Å². The van der Waals surface area contributed by atoms with E-state index >= 15 is 0 Å². The lowest BCUT2D eigenvalue weighted by molar-refractivity contribution is 0.0671. The highest BCUT2D eigenvalue weighted by atomic mass is 16.2. The first-order valence-electron chi connectivity index (χ1n) is 7.27. The molecule has 1 N–H and O–H groups in total. The molecule has 1 amide bonds. The predicted octanol–water partition coefficient (Wildman–Crippen LogP) is 1.73. The van der Waals surface area contributed by atoms with E-state index in [2.05, 4.69) is 43.0 Å².